The summed E-state index contributed by atoms with van der Waals surface area (Å²) in [6.07, 6.45) is 0. The van der Waals surface area contributed by atoms with Crippen LogP contribution < -0.4 is 0 Å². The molecule has 15 heavy (non-hydrogen) atoms. The molecular weight excluding hydrogens is 199 g/mol. The van der Waals surface area contributed by atoms with E-state index in [9.17, 15) is 9.18 Å². The van der Waals surface area contributed by atoms with Crippen LogP contribution in [0.3, 0.4) is 0 Å². The van der Waals surface area contributed by atoms with E-state index in [1.807, 2.05) is 0 Å². The second kappa shape index (κ2) is 3.05. The van der Waals surface area contributed by atoms with Gasteiger partial charge in [-0.25, -0.2) is 9.18 Å². The Bertz CT molecular complexity index is 560. The lowest BCUT2D eigenvalue weighted by atomic mass is 10.1. The molecule has 2 rings (SSSR count). The highest BCUT2D eigenvalue weighted by Gasteiger charge is 2.16. The van der Waals surface area contributed by atoms with Crippen molar-refractivity contribution in [3.63, 3.8) is 0 Å². The molecule has 1 N–H and O–H groups in total. The highest BCUT2D eigenvalue weighted by molar-refractivity contribution is 6.01. The molecular formula is C10H9FN2O2. The van der Waals surface area contributed by atoms with Gasteiger partial charge in [0.15, 0.2) is 5.69 Å². The topological polar surface area (TPSA) is 55.1 Å². The molecule has 0 aliphatic carbocycles. The summed E-state index contributed by atoms with van der Waals surface area (Å²) in [4.78, 5) is 10.9. The number of hydrogen-bond donors (Lipinski definition) is 1. The first-order chi connectivity index (χ1) is 7.00. The maximum Gasteiger partial charge on any atom is 0.357 e. The summed E-state index contributed by atoms with van der Waals surface area (Å²) in [6, 6.07) is 2.80. The lowest BCUT2D eigenvalue weighted by Gasteiger charge is -1.97. The standard InChI is InChI=1S/C10H9FN2O2/c1-5-3-6-8(4-7(5)11)13(2)12-9(6)10(14)15/h3-4H,1-2H3,(H,14,15). The van der Waals surface area contributed by atoms with E-state index in [0.29, 0.717) is 16.5 Å². The number of aromatic nitrogens is 2. The zero-order valence-corrected chi connectivity index (χ0v) is 8.28. The Labute approximate surface area is 84.9 Å². The molecule has 0 aliphatic rings. The van der Waals surface area contributed by atoms with Crippen molar-refractivity contribution in [2.75, 3.05) is 0 Å². The normalized spacial score (nSPS) is 10.9. The van der Waals surface area contributed by atoms with Gasteiger partial charge in [0.2, 0.25) is 0 Å². The van der Waals surface area contributed by atoms with Crippen LogP contribution in [0.1, 0.15) is 16.1 Å². The summed E-state index contributed by atoms with van der Waals surface area (Å²) >= 11 is 0. The minimum Gasteiger partial charge on any atom is -0.476 e. The molecule has 1 aromatic carbocycles. The number of carboxylic acid groups (broad SMARTS) is 1. The van der Waals surface area contributed by atoms with Gasteiger partial charge in [-0.3, -0.25) is 4.68 Å². The first-order valence-electron chi connectivity index (χ1n) is 4.37. The van der Waals surface area contributed by atoms with E-state index in [2.05, 4.69) is 5.10 Å². The molecule has 0 atom stereocenters. The lowest BCUT2D eigenvalue weighted by Crippen LogP contribution is -1.99. The van der Waals surface area contributed by atoms with Crippen LogP contribution in [0.5, 0.6) is 0 Å². The highest BCUT2D eigenvalue weighted by Crippen LogP contribution is 2.21. The highest BCUT2D eigenvalue weighted by atomic mass is 19.1. The zero-order chi connectivity index (χ0) is 11.2. The van der Waals surface area contributed by atoms with Gasteiger partial charge in [-0.05, 0) is 18.6 Å². The number of benzene rings is 1. The molecule has 2 aromatic rings. The van der Waals surface area contributed by atoms with Crippen LogP contribution in [-0.2, 0) is 7.05 Å². The Morgan fingerprint density at radius 3 is 2.80 bits per heavy atom. The van der Waals surface area contributed by atoms with Crippen molar-refractivity contribution in [3.05, 3.63) is 29.2 Å². The predicted molar refractivity (Wildman–Crippen MR) is 52.4 cm³/mol. The monoisotopic (exact) mass is 208 g/mol. The third-order valence-corrected chi connectivity index (χ3v) is 2.33. The summed E-state index contributed by atoms with van der Waals surface area (Å²) in [6.45, 7) is 1.59. The van der Waals surface area contributed by atoms with Crippen LogP contribution >= 0.6 is 0 Å². The molecule has 4 nitrogen and oxygen atoms in total. The molecule has 0 bridgehead atoms. The number of halogens is 1. The van der Waals surface area contributed by atoms with Crippen LogP contribution in [0.4, 0.5) is 4.39 Å². The number of hydrogen-bond acceptors (Lipinski definition) is 2. The van der Waals surface area contributed by atoms with Gasteiger partial charge >= 0.3 is 5.97 Å². The summed E-state index contributed by atoms with van der Waals surface area (Å²) in [5.41, 5.74) is 0.851. The number of aryl methyl sites for hydroxylation is 2. The number of rotatable bonds is 1. The maximum absolute atomic E-state index is 13.3. The third-order valence-electron chi connectivity index (χ3n) is 2.33. The maximum atomic E-state index is 13.3. The molecule has 0 aliphatic heterocycles. The molecule has 0 saturated heterocycles. The zero-order valence-electron chi connectivity index (χ0n) is 8.28. The minimum atomic E-state index is -1.10. The lowest BCUT2D eigenvalue weighted by molar-refractivity contribution is 0.0691. The molecule has 1 aromatic heterocycles. The Kier molecular flexibility index (Phi) is 1.96. The molecule has 0 unspecified atom stereocenters. The summed E-state index contributed by atoms with van der Waals surface area (Å²) < 4.78 is 14.6. The Hall–Kier alpha value is -1.91. The molecule has 0 fully saturated rings. The van der Waals surface area contributed by atoms with Gasteiger partial charge in [0.25, 0.3) is 0 Å². The molecule has 0 spiro atoms. The van der Waals surface area contributed by atoms with Crippen LogP contribution in [-0.4, -0.2) is 20.9 Å². The first kappa shape index (κ1) is 9.64. The van der Waals surface area contributed by atoms with E-state index in [-0.39, 0.29) is 11.5 Å². The summed E-state index contributed by atoms with van der Waals surface area (Å²) in [7, 11) is 1.59. The van der Waals surface area contributed by atoms with Crippen molar-refractivity contribution < 1.29 is 14.3 Å². The van der Waals surface area contributed by atoms with Gasteiger partial charge in [0, 0.05) is 18.5 Å². The largest absolute Gasteiger partial charge is 0.476 e. The van der Waals surface area contributed by atoms with Gasteiger partial charge in [-0.1, -0.05) is 0 Å². The van der Waals surface area contributed by atoms with Crippen molar-refractivity contribution in [2.45, 2.75) is 6.92 Å². The average molecular weight is 208 g/mol. The second-order valence-corrected chi connectivity index (χ2v) is 3.40. The van der Waals surface area contributed by atoms with E-state index in [1.54, 1.807) is 14.0 Å². The fraction of sp³-hybridized carbons (Fsp3) is 0.200. The first-order valence-corrected chi connectivity index (χ1v) is 4.37. The van der Waals surface area contributed by atoms with Crippen molar-refractivity contribution in [2.24, 2.45) is 7.05 Å². The van der Waals surface area contributed by atoms with Crippen LogP contribution in [0.25, 0.3) is 10.9 Å². The van der Waals surface area contributed by atoms with Gasteiger partial charge in [0.1, 0.15) is 5.82 Å². The summed E-state index contributed by atoms with van der Waals surface area (Å²) in [5, 5.41) is 13.2. The molecule has 0 amide bonds. The Morgan fingerprint density at radius 2 is 2.20 bits per heavy atom. The number of aromatic carboxylic acids is 1. The van der Waals surface area contributed by atoms with Crippen molar-refractivity contribution in [3.8, 4) is 0 Å². The molecule has 0 saturated carbocycles. The predicted octanol–water partition coefficient (Wildman–Crippen LogP) is 1.72. The minimum absolute atomic E-state index is 0.0457. The fourth-order valence-electron chi connectivity index (χ4n) is 1.54. The van der Waals surface area contributed by atoms with E-state index < -0.39 is 5.97 Å². The van der Waals surface area contributed by atoms with Gasteiger partial charge in [-0.15, -0.1) is 0 Å². The SMILES string of the molecule is Cc1cc2c(C(=O)O)nn(C)c2cc1F. The number of carbonyl (C=O) groups is 1. The van der Waals surface area contributed by atoms with E-state index in [1.165, 1.54) is 16.8 Å². The molecule has 5 heteroatoms. The fourth-order valence-corrected chi connectivity index (χ4v) is 1.54. The summed E-state index contributed by atoms with van der Waals surface area (Å²) in [5.74, 6) is -1.46. The second-order valence-electron chi connectivity index (χ2n) is 3.40. The number of carboxylic acids is 1. The smallest absolute Gasteiger partial charge is 0.357 e. The van der Waals surface area contributed by atoms with Crippen molar-refractivity contribution in [1.82, 2.24) is 9.78 Å². The van der Waals surface area contributed by atoms with Crippen LogP contribution in [0.2, 0.25) is 0 Å². The van der Waals surface area contributed by atoms with E-state index >= 15 is 0 Å². The molecule has 78 valence electrons. The Morgan fingerprint density at radius 1 is 1.53 bits per heavy atom. The average Bonchev–Trinajstić information content (AvgIpc) is 2.45. The van der Waals surface area contributed by atoms with Crippen LogP contribution in [0, 0.1) is 12.7 Å². The molecule has 0 radical (unpaired) electrons. The van der Waals surface area contributed by atoms with Gasteiger partial charge < -0.3 is 5.11 Å². The van der Waals surface area contributed by atoms with Crippen LogP contribution in [0.15, 0.2) is 12.1 Å². The Balaban J connectivity index is 2.88. The quantitative estimate of drug-likeness (QED) is 0.776. The number of nitrogens with zero attached hydrogens (tertiary/aromatic N) is 2. The van der Waals surface area contributed by atoms with Gasteiger partial charge in [0.05, 0.1) is 5.52 Å². The van der Waals surface area contributed by atoms with E-state index in [4.69, 9.17) is 5.11 Å². The third kappa shape index (κ3) is 1.36. The number of fused-ring (bicyclic) bond motifs is 1. The van der Waals surface area contributed by atoms with Crippen molar-refractivity contribution >= 4 is 16.9 Å². The molecule has 1 heterocycles. The van der Waals surface area contributed by atoms with Gasteiger partial charge in [-0.2, -0.15) is 5.10 Å². The van der Waals surface area contributed by atoms with Crippen molar-refractivity contribution in [1.29, 1.82) is 0 Å². The van der Waals surface area contributed by atoms with E-state index in [0.717, 1.165) is 0 Å².